The molecule has 0 fully saturated rings. The maximum atomic E-state index is 9.96. The van der Waals surface area contributed by atoms with E-state index >= 15 is 0 Å². The molecule has 0 aromatic rings. The molecule has 2 atom stereocenters. The summed E-state index contributed by atoms with van der Waals surface area (Å²) >= 11 is 0. The molecule has 0 rings (SSSR count). The smallest absolute Gasteiger partial charge is 0.429 e. The van der Waals surface area contributed by atoms with E-state index in [1.165, 1.54) is 26.2 Å². The topological polar surface area (TPSA) is 120 Å². The zero-order chi connectivity index (χ0) is 15.4. The van der Waals surface area contributed by atoms with Gasteiger partial charge in [0, 0.05) is 13.1 Å². The molecule has 5 N–H and O–H groups in total. The lowest BCUT2D eigenvalue weighted by Gasteiger charge is -2.36. The molecule has 11 heteroatoms. The largest absolute Gasteiger partial charge is 0.484 e. The van der Waals surface area contributed by atoms with Gasteiger partial charge in [0.05, 0.1) is 0 Å². The molecule has 0 aromatic heterocycles. The van der Waals surface area contributed by atoms with Gasteiger partial charge in [-0.2, -0.15) is 0 Å². The maximum absolute atomic E-state index is 9.96. The van der Waals surface area contributed by atoms with E-state index < -0.39 is 33.5 Å². The van der Waals surface area contributed by atoms with Crippen LogP contribution in [0.5, 0.6) is 0 Å². The molecule has 0 saturated carbocycles. The number of hydrogen-bond donors (Lipinski definition) is 5. The van der Waals surface area contributed by atoms with E-state index in [0.717, 1.165) is 6.55 Å². The molecule has 0 saturated heterocycles. The molecule has 0 radical (unpaired) electrons. The summed E-state index contributed by atoms with van der Waals surface area (Å²) < 4.78 is 9.72. The Kier molecular flexibility index (Phi) is 7.95. The van der Waals surface area contributed by atoms with Gasteiger partial charge in [-0.3, -0.25) is 0 Å². The first-order chi connectivity index (χ1) is 7.66. The highest BCUT2D eigenvalue weighted by atomic mass is 29.3. The predicted octanol–water partition coefficient (Wildman–Crippen LogP) is -0.500. The quantitative estimate of drug-likeness (QED) is 0.430. The fourth-order valence-corrected chi connectivity index (χ4v) is 12.2. The summed E-state index contributed by atoms with van der Waals surface area (Å²) in [4.78, 5) is 47.7. The summed E-state index contributed by atoms with van der Waals surface area (Å²) in [5, 5.41) is 0. The molecule has 112 valence electrons. The van der Waals surface area contributed by atoms with Crippen molar-refractivity contribution >= 4 is 33.5 Å². The first-order valence-corrected chi connectivity index (χ1v) is 16.6. The second-order valence-electron chi connectivity index (χ2n) is 4.58. The standard InChI is InChI=1S/C5H20O7Si4.C2H6/c1-13(2,6)16(5,10)12-15(4,9)11-14(3,7)8;1-2/h6-10H,1-5H3;1-2H3. The van der Waals surface area contributed by atoms with Crippen molar-refractivity contribution in [3.05, 3.63) is 0 Å². The third-order valence-corrected chi connectivity index (χ3v) is 18.1. The number of hydrogen-bond acceptors (Lipinski definition) is 7. The van der Waals surface area contributed by atoms with Crippen molar-refractivity contribution in [3.63, 3.8) is 0 Å². The zero-order valence-corrected chi connectivity index (χ0v) is 16.1. The third kappa shape index (κ3) is 8.65. The van der Waals surface area contributed by atoms with E-state index in [0.29, 0.717) is 0 Å². The second-order valence-corrected chi connectivity index (χ2v) is 21.4. The van der Waals surface area contributed by atoms with Gasteiger partial charge in [-0.1, -0.05) is 13.8 Å². The Morgan fingerprint density at radius 1 is 0.667 bits per heavy atom. The molecule has 0 spiro atoms. The molecule has 2 unspecified atom stereocenters. The van der Waals surface area contributed by atoms with Gasteiger partial charge in [-0.25, -0.2) is 0 Å². The summed E-state index contributed by atoms with van der Waals surface area (Å²) in [6, 6.07) is 0. The Bertz CT molecular complexity index is 245. The lowest BCUT2D eigenvalue weighted by molar-refractivity contribution is 0.162. The lowest BCUT2D eigenvalue weighted by atomic mass is 11.0. The van der Waals surface area contributed by atoms with Gasteiger partial charge in [0.15, 0.2) is 0 Å². The van der Waals surface area contributed by atoms with Gasteiger partial charge in [-0.05, 0) is 19.6 Å². The SMILES string of the molecule is CC.C[Si](O)(O)O[Si](C)(O)O[Si](C)(O)[Si](C)(C)O. The van der Waals surface area contributed by atoms with Crippen LogP contribution >= 0.6 is 0 Å². The van der Waals surface area contributed by atoms with Gasteiger partial charge < -0.3 is 32.2 Å². The summed E-state index contributed by atoms with van der Waals surface area (Å²) in [5.41, 5.74) is 0. The minimum atomic E-state index is -3.92. The van der Waals surface area contributed by atoms with Gasteiger partial charge in [0.1, 0.15) is 0 Å². The molecule has 0 aliphatic heterocycles. The highest BCUT2D eigenvalue weighted by Gasteiger charge is 2.54. The van der Waals surface area contributed by atoms with Crippen LogP contribution in [0.2, 0.25) is 32.7 Å². The van der Waals surface area contributed by atoms with Crippen molar-refractivity contribution in [2.75, 3.05) is 0 Å². The van der Waals surface area contributed by atoms with E-state index in [1.807, 2.05) is 13.8 Å². The van der Waals surface area contributed by atoms with Crippen LogP contribution in [-0.4, -0.2) is 57.5 Å². The average Bonchev–Trinajstić information content (AvgIpc) is 1.97. The van der Waals surface area contributed by atoms with E-state index in [4.69, 9.17) is 13.7 Å². The van der Waals surface area contributed by atoms with Gasteiger partial charge in [0.25, 0.3) is 0 Å². The molecule has 0 aliphatic rings. The zero-order valence-electron chi connectivity index (χ0n) is 12.1. The Morgan fingerprint density at radius 3 is 1.22 bits per heavy atom. The van der Waals surface area contributed by atoms with Crippen molar-refractivity contribution in [3.8, 4) is 0 Å². The van der Waals surface area contributed by atoms with E-state index in [9.17, 15) is 14.4 Å². The summed E-state index contributed by atoms with van der Waals surface area (Å²) in [5.74, 6) is 0. The molecule has 7 nitrogen and oxygen atoms in total. The van der Waals surface area contributed by atoms with Crippen LogP contribution in [0.25, 0.3) is 0 Å². The molecular weight excluding hydrogens is 308 g/mol. The highest BCUT2D eigenvalue weighted by molar-refractivity contribution is 7.33. The summed E-state index contributed by atoms with van der Waals surface area (Å²) in [7, 11) is -14.2. The Hall–Kier alpha value is 0.588. The third-order valence-electron chi connectivity index (χ3n) is 1.91. The van der Waals surface area contributed by atoms with Crippen molar-refractivity contribution in [2.45, 2.75) is 46.6 Å². The Balaban J connectivity index is 0. The van der Waals surface area contributed by atoms with Crippen LogP contribution in [0.3, 0.4) is 0 Å². The van der Waals surface area contributed by atoms with Gasteiger partial charge in [-0.15, -0.1) is 0 Å². The van der Waals surface area contributed by atoms with Crippen molar-refractivity contribution in [1.82, 2.24) is 0 Å². The first-order valence-electron chi connectivity index (χ1n) is 5.68. The minimum absolute atomic E-state index is 1.05. The average molecular weight is 335 g/mol. The molecule has 0 heterocycles. The Labute approximate surface area is 113 Å². The fourth-order valence-electron chi connectivity index (χ4n) is 0.873. The van der Waals surface area contributed by atoms with Crippen LogP contribution in [0.4, 0.5) is 0 Å². The fraction of sp³-hybridized carbons (Fsp3) is 1.00. The van der Waals surface area contributed by atoms with Crippen molar-refractivity contribution in [1.29, 1.82) is 0 Å². The van der Waals surface area contributed by atoms with E-state index in [-0.39, 0.29) is 0 Å². The predicted molar refractivity (Wildman–Crippen MR) is 76.9 cm³/mol. The molecular formula is C7H26O7Si4. The molecule has 0 aliphatic carbocycles. The molecule has 18 heavy (non-hydrogen) atoms. The van der Waals surface area contributed by atoms with E-state index in [2.05, 4.69) is 4.12 Å². The van der Waals surface area contributed by atoms with E-state index in [1.54, 1.807) is 0 Å². The second kappa shape index (κ2) is 6.85. The van der Waals surface area contributed by atoms with Gasteiger partial charge >= 0.3 is 25.7 Å². The van der Waals surface area contributed by atoms with Crippen LogP contribution in [-0.2, 0) is 8.23 Å². The van der Waals surface area contributed by atoms with Crippen LogP contribution in [0, 0.1) is 0 Å². The summed E-state index contributed by atoms with van der Waals surface area (Å²) in [6.07, 6.45) is 0. The molecule has 0 bridgehead atoms. The normalized spacial score (nSPS) is 19.3. The number of rotatable bonds is 5. The molecule has 0 aromatic carbocycles. The Morgan fingerprint density at radius 2 is 1.00 bits per heavy atom. The highest BCUT2D eigenvalue weighted by Crippen LogP contribution is 2.20. The van der Waals surface area contributed by atoms with Crippen LogP contribution < -0.4 is 0 Å². The minimum Gasteiger partial charge on any atom is -0.429 e. The van der Waals surface area contributed by atoms with Crippen molar-refractivity contribution in [2.24, 2.45) is 0 Å². The van der Waals surface area contributed by atoms with Gasteiger partial charge in [0.2, 0.25) is 7.83 Å². The van der Waals surface area contributed by atoms with Crippen molar-refractivity contribution < 1.29 is 32.2 Å². The monoisotopic (exact) mass is 334 g/mol. The first kappa shape index (κ1) is 20.9. The van der Waals surface area contributed by atoms with Crippen LogP contribution in [0.15, 0.2) is 0 Å². The molecule has 0 amide bonds. The summed E-state index contributed by atoms with van der Waals surface area (Å²) in [6.45, 7) is 10.5. The maximum Gasteiger partial charge on any atom is 0.484 e. The lowest BCUT2D eigenvalue weighted by Crippen LogP contribution is -2.66. The van der Waals surface area contributed by atoms with Crippen LogP contribution in [0.1, 0.15) is 13.8 Å².